The van der Waals surface area contributed by atoms with Crippen molar-refractivity contribution in [3.8, 4) is 0 Å². The number of hydrogen-bond acceptors (Lipinski definition) is 2. The predicted octanol–water partition coefficient (Wildman–Crippen LogP) is 2.31. The Morgan fingerprint density at radius 2 is 2.33 bits per heavy atom. The van der Waals surface area contributed by atoms with E-state index in [-0.39, 0.29) is 0 Å². The van der Waals surface area contributed by atoms with Gasteiger partial charge in [0.2, 0.25) is 0 Å². The van der Waals surface area contributed by atoms with Crippen molar-refractivity contribution in [3.05, 3.63) is 15.9 Å². The molecular formula is C6H8BrNO. The Hall–Kier alpha value is -0.310. The van der Waals surface area contributed by atoms with Crippen LogP contribution < -0.4 is 0 Å². The molecule has 2 nitrogen and oxygen atoms in total. The van der Waals surface area contributed by atoms with Gasteiger partial charge < -0.3 is 4.52 Å². The molecule has 0 N–H and O–H groups in total. The highest BCUT2D eigenvalue weighted by Gasteiger charge is 2.05. The van der Waals surface area contributed by atoms with E-state index >= 15 is 0 Å². The van der Waals surface area contributed by atoms with Crippen molar-refractivity contribution >= 4 is 15.9 Å². The fraction of sp³-hybridized carbons (Fsp3) is 0.500. The molecule has 1 rings (SSSR count). The summed E-state index contributed by atoms with van der Waals surface area (Å²) in [6.07, 6.45) is 0.915. The van der Waals surface area contributed by atoms with Crippen LogP contribution in [0.25, 0.3) is 0 Å². The summed E-state index contributed by atoms with van der Waals surface area (Å²) < 4.78 is 5.89. The second-order valence-corrected chi connectivity index (χ2v) is 2.65. The SMILES string of the molecule is CCc1noc(C)c1Br. The summed E-state index contributed by atoms with van der Waals surface area (Å²) in [5, 5.41) is 3.81. The molecule has 0 aliphatic heterocycles. The van der Waals surface area contributed by atoms with Crippen LogP contribution in [0.1, 0.15) is 18.4 Å². The van der Waals surface area contributed by atoms with Crippen LogP contribution in [-0.2, 0) is 6.42 Å². The monoisotopic (exact) mass is 189 g/mol. The molecule has 0 radical (unpaired) electrons. The van der Waals surface area contributed by atoms with E-state index < -0.39 is 0 Å². The minimum atomic E-state index is 0.854. The zero-order chi connectivity index (χ0) is 6.85. The molecule has 0 aromatic carbocycles. The molecule has 0 spiro atoms. The minimum Gasteiger partial charge on any atom is -0.360 e. The molecule has 0 saturated heterocycles. The Kier molecular flexibility index (Phi) is 1.90. The van der Waals surface area contributed by atoms with Gasteiger partial charge in [-0.2, -0.15) is 0 Å². The maximum atomic E-state index is 4.89. The Balaban J connectivity index is 3.04. The first kappa shape index (κ1) is 6.81. The third-order valence-corrected chi connectivity index (χ3v) is 2.21. The molecule has 9 heavy (non-hydrogen) atoms. The maximum absolute atomic E-state index is 4.89. The molecular weight excluding hydrogens is 182 g/mol. The van der Waals surface area contributed by atoms with Crippen molar-refractivity contribution in [2.24, 2.45) is 0 Å². The van der Waals surface area contributed by atoms with Crippen molar-refractivity contribution in [1.29, 1.82) is 0 Å². The lowest BCUT2D eigenvalue weighted by Gasteiger charge is -1.83. The molecule has 0 aliphatic carbocycles. The predicted molar refractivity (Wildman–Crippen MR) is 38.3 cm³/mol. The first-order valence-corrected chi connectivity index (χ1v) is 3.65. The van der Waals surface area contributed by atoms with Gasteiger partial charge in [-0.25, -0.2) is 0 Å². The van der Waals surface area contributed by atoms with E-state index in [0.29, 0.717) is 0 Å². The normalized spacial score (nSPS) is 10.1. The van der Waals surface area contributed by atoms with Gasteiger partial charge in [-0.05, 0) is 29.3 Å². The van der Waals surface area contributed by atoms with E-state index in [9.17, 15) is 0 Å². The van der Waals surface area contributed by atoms with Gasteiger partial charge in [0.25, 0.3) is 0 Å². The summed E-state index contributed by atoms with van der Waals surface area (Å²) in [7, 11) is 0. The van der Waals surface area contributed by atoms with Gasteiger partial charge in [0.15, 0.2) is 0 Å². The molecule has 3 heteroatoms. The third kappa shape index (κ3) is 1.15. The van der Waals surface area contributed by atoms with Crippen molar-refractivity contribution in [3.63, 3.8) is 0 Å². The average Bonchev–Trinajstić information content (AvgIpc) is 2.15. The largest absolute Gasteiger partial charge is 0.360 e. The standard InChI is InChI=1S/C6H8BrNO/c1-3-5-6(7)4(2)9-8-5/h3H2,1-2H3. The van der Waals surface area contributed by atoms with Crippen LogP contribution in [0.15, 0.2) is 9.00 Å². The van der Waals surface area contributed by atoms with E-state index in [1.54, 1.807) is 0 Å². The van der Waals surface area contributed by atoms with Crippen LogP contribution in [0.3, 0.4) is 0 Å². The molecule has 0 amide bonds. The summed E-state index contributed by atoms with van der Waals surface area (Å²) in [6, 6.07) is 0. The van der Waals surface area contributed by atoms with Crippen molar-refractivity contribution in [2.45, 2.75) is 20.3 Å². The molecule has 1 aromatic rings. The van der Waals surface area contributed by atoms with E-state index in [1.807, 2.05) is 13.8 Å². The van der Waals surface area contributed by atoms with Gasteiger partial charge in [-0.1, -0.05) is 12.1 Å². The van der Waals surface area contributed by atoms with Crippen LogP contribution in [0, 0.1) is 6.92 Å². The first-order valence-electron chi connectivity index (χ1n) is 2.86. The van der Waals surface area contributed by atoms with E-state index in [1.165, 1.54) is 0 Å². The van der Waals surface area contributed by atoms with E-state index in [0.717, 1.165) is 22.3 Å². The zero-order valence-corrected chi connectivity index (χ0v) is 7.03. The lowest BCUT2D eigenvalue weighted by Crippen LogP contribution is -1.77. The van der Waals surface area contributed by atoms with Gasteiger partial charge in [0, 0.05) is 0 Å². The highest BCUT2D eigenvalue weighted by atomic mass is 79.9. The van der Waals surface area contributed by atoms with Crippen molar-refractivity contribution in [1.82, 2.24) is 5.16 Å². The number of nitrogens with zero attached hydrogens (tertiary/aromatic N) is 1. The number of hydrogen-bond donors (Lipinski definition) is 0. The lowest BCUT2D eigenvalue weighted by atomic mass is 10.3. The van der Waals surface area contributed by atoms with Gasteiger partial charge in [0.05, 0.1) is 10.2 Å². The second-order valence-electron chi connectivity index (χ2n) is 1.85. The summed E-state index contributed by atoms with van der Waals surface area (Å²) in [6.45, 7) is 3.93. The smallest absolute Gasteiger partial charge is 0.148 e. The number of aromatic nitrogens is 1. The summed E-state index contributed by atoms with van der Waals surface area (Å²) >= 11 is 3.35. The fourth-order valence-corrected chi connectivity index (χ4v) is 1.05. The van der Waals surface area contributed by atoms with Crippen LogP contribution in [0.5, 0.6) is 0 Å². The quantitative estimate of drug-likeness (QED) is 0.678. The van der Waals surface area contributed by atoms with Gasteiger partial charge in [0.1, 0.15) is 5.76 Å². The van der Waals surface area contributed by atoms with Gasteiger partial charge >= 0.3 is 0 Å². The highest BCUT2D eigenvalue weighted by molar-refractivity contribution is 9.10. The average molecular weight is 190 g/mol. The van der Waals surface area contributed by atoms with Gasteiger partial charge in [-0.15, -0.1) is 0 Å². The molecule has 0 bridgehead atoms. The Labute approximate surface area is 62.4 Å². The van der Waals surface area contributed by atoms with E-state index in [4.69, 9.17) is 4.52 Å². The van der Waals surface area contributed by atoms with Crippen LogP contribution in [0.4, 0.5) is 0 Å². The number of rotatable bonds is 1. The number of halogens is 1. The maximum Gasteiger partial charge on any atom is 0.148 e. The molecule has 0 aliphatic rings. The fourth-order valence-electron chi connectivity index (χ4n) is 0.627. The topological polar surface area (TPSA) is 26.0 Å². The summed E-state index contributed by atoms with van der Waals surface area (Å²) in [5.74, 6) is 0.854. The molecule has 0 unspecified atom stereocenters. The molecule has 1 aromatic heterocycles. The molecule has 0 atom stereocenters. The Morgan fingerprint density at radius 3 is 2.56 bits per heavy atom. The van der Waals surface area contributed by atoms with Crippen molar-refractivity contribution in [2.75, 3.05) is 0 Å². The van der Waals surface area contributed by atoms with Gasteiger partial charge in [-0.3, -0.25) is 0 Å². The molecule has 0 fully saturated rings. The molecule has 1 heterocycles. The summed E-state index contributed by atoms with van der Waals surface area (Å²) in [5.41, 5.74) is 0.993. The highest BCUT2D eigenvalue weighted by Crippen LogP contribution is 2.19. The minimum absolute atomic E-state index is 0.854. The van der Waals surface area contributed by atoms with Crippen LogP contribution in [0.2, 0.25) is 0 Å². The first-order chi connectivity index (χ1) is 4.25. The van der Waals surface area contributed by atoms with E-state index in [2.05, 4.69) is 21.1 Å². The van der Waals surface area contributed by atoms with Crippen LogP contribution in [-0.4, -0.2) is 5.16 Å². The zero-order valence-electron chi connectivity index (χ0n) is 5.44. The van der Waals surface area contributed by atoms with Crippen molar-refractivity contribution < 1.29 is 4.52 Å². The number of aryl methyl sites for hydroxylation is 2. The third-order valence-electron chi connectivity index (χ3n) is 1.19. The van der Waals surface area contributed by atoms with Crippen LogP contribution >= 0.6 is 15.9 Å². The second kappa shape index (κ2) is 2.52. The molecule has 0 saturated carbocycles. The lowest BCUT2D eigenvalue weighted by molar-refractivity contribution is 0.390. The summed E-state index contributed by atoms with van der Waals surface area (Å²) in [4.78, 5) is 0. The molecule has 50 valence electrons. The Morgan fingerprint density at radius 1 is 1.67 bits per heavy atom. The Bertz CT molecular complexity index is 207.